The summed E-state index contributed by atoms with van der Waals surface area (Å²) in [5.41, 5.74) is 5.80. The van der Waals surface area contributed by atoms with Crippen molar-refractivity contribution in [2.24, 2.45) is 0 Å². The van der Waals surface area contributed by atoms with Crippen molar-refractivity contribution < 1.29 is 19.4 Å². The maximum Gasteiger partial charge on any atom is 0.335 e. The van der Waals surface area contributed by atoms with E-state index in [0.717, 1.165) is 54.3 Å². The topological polar surface area (TPSA) is 91.1 Å². The van der Waals surface area contributed by atoms with E-state index in [1.807, 2.05) is 36.2 Å². The Labute approximate surface area is 239 Å². The van der Waals surface area contributed by atoms with Crippen LogP contribution >= 0.6 is 0 Å². The minimum absolute atomic E-state index is 0.0411. The molecule has 1 N–H and O–H groups in total. The third-order valence-corrected chi connectivity index (χ3v) is 8.18. The van der Waals surface area contributed by atoms with Gasteiger partial charge in [-0.2, -0.15) is 0 Å². The molecule has 3 aromatic carbocycles. The van der Waals surface area contributed by atoms with E-state index in [1.54, 1.807) is 18.2 Å². The van der Waals surface area contributed by atoms with E-state index >= 15 is 0 Å². The zero-order valence-electron chi connectivity index (χ0n) is 23.5. The van der Waals surface area contributed by atoms with Crippen molar-refractivity contribution in [3.05, 3.63) is 89.2 Å². The quantitative estimate of drug-likeness (QED) is 0.342. The highest BCUT2D eigenvalue weighted by atomic mass is 16.5. The fraction of sp³-hybridized carbons (Fsp3) is 0.344. The number of nitrogens with zero attached hydrogens (tertiary/aromatic N) is 5. The van der Waals surface area contributed by atoms with Gasteiger partial charge in [-0.1, -0.05) is 23.8 Å². The predicted molar refractivity (Wildman–Crippen MR) is 158 cm³/mol. The molecule has 9 nitrogen and oxygen atoms in total. The molecule has 212 valence electrons. The van der Waals surface area contributed by atoms with Gasteiger partial charge in [-0.05, 0) is 61.9 Å². The van der Waals surface area contributed by atoms with Gasteiger partial charge in [-0.3, -0.25) is 9.69 Å². The van der Waals surface area contributed by atoms with Crippen molar-refractivity contribution in [1.82, 2.24) is 19.4 Å². The molecule has 0 saturated carbocycles. The molecule has 41 heavy (non-hydrogen) atoms. The number of carbonyl (C=O) groups excluding carboxylic acids is 1. The highest BCUT2D eigenvalue weighted by Gasteiger charge is 2.26. The standard InChI is InChI=1S/C32H35N5O4/c1-22-6-9-25(10-7-22)34(2)26-5-3-4-23(18-26)31(38)36-15-13-35(14-16-36)21-30-33-28-11-8-24(32(39)40)19-29(28)37(30)20-27-12-17-41-27/h3-11,18-19,27H,12-17,20-21H2,1-2H3,(H,39,40)/t27-/m0/s1. The number of aromatic carboxylic acids is 1. The number of fused-ring (bicyclic) bond motifs is 1. The minimum Gasteiger partial charge on any atom is -0.478 e. The fourth-order valence-corrected chi connectivity index (χ4v) is 5.52. The lowest BCUT2D eigenvalue weighted by molar-refractivity contribution is -0.0592. The molecule has 0 unspecified atom stereocenters. The molecule has 0 bridgehead atoms. The molecule has 6 rings (SSSR count). The summed E-state index contributed by atoms with van der Waals surface area (Å²) in [5.74, 6) is -0.0155. The van der Waals surface area contributed by atoms with E-state index in [2.05, 4.69) is 45.6 Å². The second-order valence-corrected chi connectivity index (χ2v) is 10.9. The highest BCUT2D eigenvalue weighted by molar-refractivity contribution is 5.95. The number of anilines is 2. The molecule has 2 fully saturated rings. The molecular weight excluding hydrogens is 518 g/mol. The molecule has 1 amide bonds. The maximum atomic E-state index is 13.5. The van der Waals surface area contributed by atoms with Crippen LogP contribution in [0.2, 0.25) is 0 Å². The van der Waals surface area contributed by atoms with E-state index in [4.69, 9.17) is 9.72 Å². The summed E-state index contributed by atoms with van der Waals surface area (Å²) in [6.45, 7) is 6.84. The van der Waals surface area contributed by atoms with Gasteiger partial charge in [-0.25, -0.2) is 9.78 Å². The van der Waals surface area contributed by atoms with E-state index in [0.29, 0.717) is 31.7 Å². The average molecular weight is 554 g/mol. The summed E-state index contributed by atoms with van der Waals surface area (Å²) < 4.78 is 7.80. The number of benzene rings is 3. The number of aromatic nitrogens is 2. The molecule has 0 aliphatic carbocycles. The Hall–Kier alpha value is -4.21. The van der Waals surface area contributed by atoms with E-state index < -0.39 is 5.97 Å². The Morgan fingerprint density at radius 2 is 1.73 bits per heavy atom. The summed E-state index contributed by atoms with van der Waals surface area (Å²) in [5, 5.41) is 9.50. The molecule has 4 aromatic rings. The van der Waals surface area contributed by atoms with Gasteiger partial charge in [0.05, 0.1) is 35.8 Å². The Balaban J connectivity index is 1.13. The minimum atomic E-state index is -0.950. The van der Waals surface area contributed by atoms with E-state index in [1.165, 1.54) is 5.56 Å². The van der Waals surface area contributed by atoms with Crippen molar-refractivity contribution in [2.75, 3.05) is 44.7 Å². The van der Waals surface area contributed by atoms with E-state index in [-0.39, 0.29) is 17.6 Å². The normalized spacial score (nSPS) is 17.4. The van der Waals surface area contributed by atoms with Crippen LogP contribution in [0.3, 0.4) is 0 Å². The molecule has 2 aliphatic rings. The van der Waals surface area contributed by atoms with Crippen molar-refractivity contribution in [3.63, 3.8) is 0 Å². The van der Waals surface area contributed by atoms with Crippen LogP contribution < -0.4 is 4.90 Å². The van der Waals surface area contributed by atoms with Crippen LogP contribution in [0.5, 0.6) is 0 Å². The third kappa shape index (κ3) is 5.68. The molecule has 2 aliphatic heterocycles. The number of amides is 1. The van der Waals surface area contributed by atoms with Crippen LogP contribution in [0.4, 0.5) is 11.4 Å². The van der Waals surface area contributed by atoms with Crippen molar-refractivity contribution in [1.29, 1.82) is 0 Å². The molecule has 1 aromatic heterocycles. The van der Waals surface area contributed by atoms with Crippen LogP contribution in [0.15, 0.2) is 66.7 Å². The largest absolute Gasteiger partial charge is 0.478 e. The number of aryl methyl sites for hydroxylation is 1. The number of rotatable bonds is 8. The Kier molecular flexibility index (Phi) is 7.47. The lowest BCUT2D eigenvalue weighted by atomic mass is 10.1. The molecule has 3 heterocycles. The zero-order chi connectivity index (χ0) is 28.5. The van der Waals surface area contributed by atoms with Gasteiger partial charge in [0.1, 0.15) is 5.82 Å². The smallest absolute Gasteiger partial charge is 0.335 e. The lowest BCUT2D eigenvalue weighted by Gasteiger charge is -2.35. The molecule has 0 spiro atoms. The average Bonchev–Trinajstić information content (AvgIpc) is 3.30. The maximum absolute atomic E-state index is 13.5. The van der Waals surface area contributed by atoms with Gasteiger partial charge in [-0.15, -0.1) is 0 Å². The highest BCUT2D eigenvalue weighted by Crippen LogP contribution is 2.26. The van der Waals surface area contributed by atoms with Crippen LogP contribution in [-0.2, 0) is 17.8 Å². The molecular formula is C32H35N5O4. The Morgan fingerprint density at radius 1 is 0.976 bits per heavy atom. The second-order valence-electron chi connectivity index (χ2n) is 10.9. The number of ether oxygens (including phenoxy) is 1. The molecule has 2 saturated heterocycles. The van der Waals surface area contributed by atoms with Crippen LogP contribution in [0.1, 0.15) is 38.5 Å². The number of hydrogen-bond donors (Lipinski definition) is 1. The predicted octanol–water partition coefficient (Wildman–Crippen LogP) is 4.56. The molecule has 9 heteroatoms. The number of piperazine rings is 1. The monoisotopic (exact) mass is 553 g/mol. The zero-order valence-corrected chi connectivity index (χ0v) is 23.5. The lowest BCUT2D eigenvalue weighted by Crippen LogP contribution is -2.48. The number of carboxylic acids is 1. The van der Waals surface area contributed by atoms with Gasteiger partial charge in [0.25, 0.3) is 5.91 Å². The van der Waals surface area contributed by atoms with Crippen molar-refractivity contribution >= 4 is 34.3 Å². The SMILES string of the molecule is Cc1ccc(N(C)c2cccc(C(=O)N3CCN(Cc4nc5ccc(C(=O)O)cc5n4C[C@@H]4CCO4)CC3)c2)cc1. The number of carboxylic acid groups (broad SMARTS) is 1. The van der Waals surface area contributed by atoms with Gasteiger partial charge in [0.15, 0.2) is 0 Å². The van der Waals surface area contributed by atoms with Gasteiger partial charge >= 0.3 is 5.97 Å². The summed E-state index contributed by atoms with van der Waals surface area (Å²) in [6, 6.07) is 21.2. The van der Waals surface area contributed by atoms with Crippen molar-refractivity contribution in [3.8, 4) is 0 Å². The number of hydrogen-bond acceptors (Lipinski definition) is 6. The third-order valence-electron chi connectivity index (χ3n) is 8.18. The van der Waals surface area contributed by atoms with Gasteiger partial charge in [0.2, 0.25) is 0 Å². The van der Waals surface area contributed by atoms with Crippen LogP contribution in [-0.4, -0.2) is 82.3 Å². The summed E-state index contributed by atoms with van der Waals surface area (Å²) in [6.07, 6.45) is 1.11. The molecule has 0 radical (unpaired) electrons. The first-order chi connectivity index (χ1) is 19.9. The summed E-state index contributed by atoms with van der Waals surface area (Å²) in [7, 11) is 2.01. The number of carbonyl (C=O) groups is 2. The Bertz CT molecular complexity index is 1570. The summed E-state index contributed by atoms with van der Waals surface area (Å²) >= 11 is 0. The van der Waals surface area contributed by atoms with Gasteiger partial charge in [0, 0.05) is 56.8 Å². The fourth-order valence-electron chi connectivity index (χ4n) is 5.52. The first-order valence-electron chi connectivity index (χ1n) is 14.1. The van der Waals surface area contributed by atoms with Gasteiger partial charge < -0.3 is 24.2 Å². The van der Waals surface area contributed by atoms with Crippen molar-refractivity contribution in [2.45, 2.75) is 32.5 Å². The van der Waals surface area contributed by atoms with Crippen LogP contribution in [0, 0.1) is 6.92 Å². The molecule has 1 atom stereocenters. The number of imidazole rings is 1. The second kappa shape index (κ2) is 11.3. The Morgan fingerprint density at radius 3 is 2.41 bits per heavy atom. The van der Waals surface area contributed by atoms with Crippen LogP contribution in [0.25, 0.3) is 11.0 Å². The first-order valence-corrected chi connectivity index (χ1v) is 14.1. The summed E-state index contributed by atoms with van der Waals surface area (Å²) in [4.78, 5) is 36.2. The first kappa shape index (κ1) is 27.0. The van der Waals surface area contributed by atoms with E-state index in [9.17, 15) is 14.7 Å².